The first kappa shape index (κ1) is 75.5. The van der Waals surface area contributed by atoms with Gasteiger partial charge in [-0.3, -0.25) is 14.4 Å². The molecule has 3 rings (SSSR count). The molecule has 9 nitrogen and oxygen atoms in total. The minimum absolute atomic E-state index is 0.163. The van der Waals surface area contributed by atoms with Gasteiger partial charge in [-0.1, -0.05) is 268 Å². The maximum absolute atomic E-state index is 14.6. The van der Waals surface area contributed by atoms with Gasteiger partial charge in [-0.05, 0) is 95.3 Å². The molecule has 3 saturated heterocycles. The summed E-state index contributed by atoms with van der Waals surface area (Å²) < 4.78 is 18.1. The molecule has 3 fully saturated rings. The number of hydrogen-bond acceptors (Lipinski definition) is 6. The van der Waals surface area contributed by atoms with Crippen molar-refractivity contribution in [2.75, 3.05) is 26.2 Å². The van der Waals surface area contributed by atoms with E-state index in [1.165, 1.54) is 205 Å². The highest BCUT2D eigenvalue weighted by Crippen LogP contribution is 2.34. The molecule has 3 aliphatic heterocycles. The molecule has 0 aliphatic carbocycles. The lowest BCUT2D eigenvalue weighted by atomic mass is 9.96. The molecule has 9 heteroatoms. The summed E-state index contributed by atoms with van der Waals surface area (Å²) in [6.07, 6.45) is 58.9. The van der Waals surface area contributed by atoms with Crippen LogP contribution in [0.1, 0.15) is 371 Å². The van der Waals surface area contributed by atoms with Crippen LogP contribution in [0.5, 0.6) is 0 Å². The molecule has 10 unspecified atom stereocenters. The molecular formula is C74H141N3O6. The standard InChI is InChI=1S/C74H141N3O6/c1-10-17-20-23-29-38-47-66-69(81-66)50-41-32-26-35-44-53-72(78)75(56-58-76(64(15-6)60-62(8)13-4)73(79)54-45-36-27-33-42-51-70-67(82-70)48-39-30-24-21-18-11-2)57-59-77(65(16-7)61-63(9)14-5)74(80)55-46-37-28-34-43-52-71-68(83-71)49-40-31-25-22-19-12-3/h62-71H,10-61H2,1-9H3. The van der Waals surface area contributed by atoms with E-state index in [4.69, 9.17) is 14.2 Å². The summed E-state index contributed by atoms with van der Waals surface area (Å²) in [5.74, 6) is 1.75. The third-order valence-electron chi connectivity index (χ3n) is 20.0. The Balaban J connectivity index is 1.58. The smallest absolute Gasteiger partial charge is 0.222 e. The Bertz CT molecular complexity index is 1480. The van der Waals surface area contributed by atoms with Gasteiger partial charge in [-0.2, -0.15) is 0 Å². The van der Waals surface area contributed by atoms with Crippen molar-refractivity contribution in [2.24, 2.45) is 11.8 Å². The lowest BCUT2D eigenvalue weighted by Crippen LogP contribution is -2.49. The van der Waals surface area contributed by atoms with Crippen molar-refractivity contribution in [3.63, 3.8) is 0 Å². The van der Waals surface area contributed by atoms with Crippen molar-refractivity contribution >= 4 is 17.7 Å². The number of carbonyl (C=O) groups excluding carboxylic acids is 3. The Labute approximate surface area is 515 Å². The van der Waals surface area contributed by atoms with Gasteiger partial charge in [0.2, 0.25) is 17.7 Å². The Morgan fingerprint density at radius 1 is 0.301 bits per heavy atom. The SMILES string of the molecule is CCCCCCCCC1OC1CCCCCCCC(=O)N(CCN(C(=O)CCCCCCCC1OC1CCCCCCCC)C(CC)CC(C)CC)CCN(C(=O)CCCCCCCC1OC1CCCCCCCC)C(CC)CC(C)CC. The maximum Gasteiger partial charge on any atom is 0.222 e. The van der Waals surface area contributed by atoms with E-state index >= 15 is 0 Å². The number of amides is 3. The van der Waals surface area contributed by atoms with E-state index in [1.54, 1.807) is 0 Å². The highest BCUT2D eigenvalue weighted by atomic mass is 16.6. The zero-order valence-corrected chi connectivity index (χ0v) is 56.8. The van der Waals surface area contributed by atoms with Crippen LogP contribution >= 0.6 is 0 Å². The van der Waals surface area contributed by atoms with Crippen LogP contribution in [0.25, 0.3) is 0 Å². The number of nitrogens with zero attached hydrogens (tertiary/aromatic N) is 3. The number of rotatable bonds is 61. The van der Waals surface area contributed by atoms with Gasteiger partial charge in [-0.25, -0.2) is 0 Å². The van der Waals surface area contributed by atoms with Crippen LogP contribution in [0.4, 0.5) is 0 Å². The predicted molar refractivity (Wildman–Crippen MR) is 353 cm³/mol. The van der Waals surface area contributed by atoms with E-state index in [0.29, 0.717) is 93.9 Å². The molecule has 3 heterocycles. The predicted octanol–water partition coefficient (Wildman–Crippen LogP) is 20.6. The molecule has 3 aliphatic rings. The van der Waals surface area contributed by atoms with E-state index in [-0.39, 0.29) is 29.8 Å². The van der Waals surface area contributed by atoms with Crippen molar-refractivity contribution in [2.45, 2.75) is 419 Å². The highest BCUT2D eigenvalue weighted by molar-refractivity contribution is 5.78. The molecule has 0 radical (unpaired) electrons. The fraction of sp³-hybridized carbons (Fsp3) is 0.959. The molecule has 488 valence electrons. The quantitative estimate of drug-likeness (QED) is 0.0444. The van der Waals surface area contributed by atoms with E-state index in [9.17, 15) is 14.4 Å². The van der Waals surface area contributed by atoms with Crippen molar-refractivity contribution in [1.29, 1.82) is 0 Å². The number of unbranched alkanes of at least 4 members (excludes halogenated alkanes) is 27. The third kappa shape index (κ3) is 36.4. The topological polar surface area (TPSA) is 98.5 Å². The van der Waals surface area contributed by atoms with E-state index < -0.39 is 0 Å². The molecule has 0 spiro atoms. The van der Waals surface area contributed by atoms with Crippen LogP contribution < -0.4 is 0 Å². The summed E-state index contributed by atoms with van der Waals surface area (Å²) in [4.78, 5) is 50.0. The zero-order valence-electron chi connectivity index (χ0n) is 56.8. The molecule has 83 heavy (non-hydrogen) atoms. The summed E-state index contributed by atoms with van der Waals surface area (Å²) in [7, 11) is 0. The molecule has 10 atom stereocenters. The van der Waals surface area contributed by atoms with Crippen LogP contribution in [0.15, 0.2) is 0 Å². The Morgan fingerprint density at radius 3 is 0.795 bits per heavy atom. The van der Waals surface area contributed by atoms with E-state index in [2.05, 4.69) is 77.0 Å². The second-order valence-electron chi connectivity index (χ2n) is 27.4. The first-order valence-electron chi connectivity index (χ1n) is 37.4. The van der Waals surface area contributed by atoms with Gasteiger partial charge in [0.05, 0.1) is 36.6 Å². The van der Waals surface area contributed by atoms with Gasteiger partial charge >= 0.3 is 0 Å². The molecule has 0 aromatic heterocycles. The molecule has 3 amide bonds. The lowest BCUT2D eigenvalue weighted by Gasteiger charge is -2.37. The maximum atomic E-state index is 14.6. The summed E-state index contributed by atoms with van der Waals surface area (Å²) >= 11 is 0. The molecule has 0 saturated carbocycles. The number of carbonyl (C=O) groups is 3. The summed E-state index contributed by atoms with van der Waals surface area (Å²) in [6.45, 7) is 22.7. The van der Waals surface area contributed by atoms with Crippen LogP contribution in [0, 0.1) is 11.8 Å². The van der Waals surface area contributed by atoms with Crippen molar-refractivity contribution < 1.29 is 28.6 Å². The van der Waals surface area contributed by atoms with Crippen LogP contribution in [-0.4, -0.2) is 107 Å². The van der Waals surface area contributed by atoms with E-state index in [0.717, 1.165) is 83.5 Å². The van der Waals surface area contributed by atoms with Crippen molar-refractivity contribution in [3.05, 3.63) is 0 Å². The second-order valence-corrected chi connectivity index (χ2v) is 27.4. The zero-order chi connectivity index (χ0) is 60.1. The van der Waals surface area contributed by atoms with Gasteiger partial charge in [0.25, 0.3) is 0 Å². The first-order valence-corrected chi connectivity index (χ1v) is 37.4. The largest absolute Gasteiger partial charge is 0.370 e. The average Bonchev–Trinajstić information content (AvgIpc) is 4.54. The first-order chi connectivity index (χ1) is 40.5. The second kappa shape index (κ2) is 49.2. The Morgan fingerprint density at radius 2 is 0.542 bits per heavy atom. The number of hydrogen-bond donors (Lipinski definition) is 0. The third-order valence-corrected chi connectivity index (χ3v) is 20.0. The summed E-state index contributed by atoms with van der Waals surface area (Å²) in [6, 6.07) is 0.326. The van der Waals surface area contributed by atoms with Gasteiger partial charge in [-0.15, -0.1) is 0 Å². The molecule has 0 N–H and O–H groups in total. The fourth-order valence-electron chi connectivity index (χ4n) is 13.5. The van der Waals surface area contributed by atoms with Gasteiger partial charge < -0.3 is 28.9 Å². The highest BCUT2D eigenvalue weighted by Gasteiger charge is 2.39. The minimum Gasteiger partial charge on any atom is -0.370 e. The van der Waals surface area contributed by atoms with Crippen LogP contribution in [0.3, 0.4) is 0 Å². The average molecular weight is 1170 g/mol. The van der Waals surface area contributed by atoms with Gasteiger partial charge in [0, 0.05) is 57.5 Å². The van der Waals surface area contributed by atoms with Gasteiger partial charge in [0.15, 0.2) is 0 Å². The minimum atomic E-state index is 0.163. The number of ether oxygens (including phenoxy) is 3. The molecule has 0 aromatic rings. The molecular weight excluding hydrogens is 1030 g/mol. The molecule has 0 bridgehead atoms. The monoisotopic (exact) mass is 1170 g/mol. The van der Waals surface area contributed by atoms with Crippen LogP contribution in [-0.2, 0) is 28.6 Å². The lowest BCUT2D eigenvalue weighted by molar-refractivity contribution is -0.139. The fourth-order valence-corrected chi connectivity index (χ4v) is 13.5. The van der Waals surface area contributed by atoms with Crippen molar-refractivity contribution in [3.8, 4) is 0 Å². The van der Waals surface area contributed by atoms with Crippen molar-refractivity contribution in [1.82, 2.24) is 14.7 Å². The van der Waals surface area contributed by atoms with Gasteiger partial charge in [0.1, 0.15) is 0 Å². The normalized spacial score (nSPS) is 20.5. The Hall–Kier alpha value is -1.71. The van der Waals surface area contributed by atoms with Crippen LogP contribution in [0.2, 0.25) is 0 Å². The molecule has 0 aromatic carbocycles. The summed E-state index contributed by atoms with van der Waals surface area (Å²) in [5, 5.41) is 0. The Kier molecular flexibility index (Phi) is 44.8. The van der Waals surface area contributed by atoms with E-state index in [1.807, 2.05) is 0 Å². The summed E-state index contributed by atoms with van der Waals surface area (Å²) in [5.41, 5.74) is 0. The number of epoxide rings is 3.